The van der Waals surface area contributed by atoms with Gasteiger partial charge in [0, 0.05) is 11.4 Å². The molecule has 1 heterocycles. The summed E-state index contributed by atoms with van der Waals surface area (Å²) in [6, 6.07) is 16.0. The molecular weight excluding hydrogens is 374 g/mol. The molecule has 1 fully saturated rings. The van der Waals surface area contributed by atoms with Crippen LogP contribution in [0.25, 0.3) is 6.08 Å². The summed E-state index contributed by atoms with van der Waals surface area (Å²) in [6.45, 7) is 0.667. The molecule has 5 nitrogen and oxygen atoms in total. The predicted molar refractivity (Wildman–Crippen MR) is 108 cm³/mol. The van der Waals surface area contributed by atoms with E-state index in [1.165, 1.54) is 5.56 Å². The standard InChI is InChI=1S/C22H20ClN3O2/c23-20-7-6-17(18(11-20)8-16-9-19(10-16)22(27)28)12-21-13-24-25-26(21)14-15-4-2-1-3-5-15/h1-8,11,13,19H,9-10,12,14H2,(H,27,28). The van der Waals surface area contributed by atoms with Crippen LogP contribution >= 0.6 is 11.6 Å². The van der Waals surface area contributed by atoms with Crippen molar-refractivity contribution < 1.29 is 9.90 Å². The molecule has 1 aliphatic carbocycles. The molecule has 1 aromatic heterocycles. The smallest absolute Gasteiger partial charge is 0.307 e. The van der Waals surface area contributed by atoms with Gasteiger partial charge in [-0.2, -0.15) is 0 Å². The van der Waals surface area contributed by atoms with E-state index in [9.17, 15) is 4.79 Å². The van der Waals surface area contributed by atoms with Crippen LogP contribution in [0.3, 0.4) is 0 Å². The van der Waals surface area contributed by atoms with Crippen LogP contribution < -0.4 is 0 Å². The Hall–Kier alpha value is -2.92. The Labute approximate surface area is 168 Å². The zero-order valence-corrected chi connectivity index (χ0v) is 16.0. The molecule has 2 aromatic carbocycles. The van der Waals surface area contributed by atoms with E-state index in [1.54, 1.807) is 6.20 Å². The van der Waals surface area contributed by atoms with Gasteiger partial charge in [0.25, 0.3) is 0 Å². The molecule has 0 amide bonds. The van der Waals surface area contributed by atoms with Crippen molar-refractivity contribution in [3.8, 4) is 0 Å². The molecule has 28 heavy (non-hydrogen) atoms. The van der Waals surface area contributed by atoms with Crippen LogP contribution in [0.4, 0.5) is 0 Å². The van der Waals surface area contributed by atoms with E-state index in [2.05, 4.69) is 28.5 Å². The van der Waals surface area contributed by atoms with Crippen LogP contribution in [0.2, 0.25) is 5.02 Å². The number of carboxylic acids is 1. The molecule has 0 atom stereocenters. The highest BCUT2D eigenvalue weighted by Gasteiger charge is 2.29. The maximum absolute atomic E-state index is 11.0. The Bertz CT molecular complexity index is 1020. The second kappa shape index (κ2) is 7.98. The zero-order chi connectivity index (χ0) is 19.5. The lowest BCUT2D eigenvalue weighted by Gasteiger charge is -2.25. The van der Waals surface area contributed by atoms with Crippen molar-refractivity contribution in [1.29, 1.82) is 0 Å². The van der Waals surface area contributed by atoms with Gasteiger partial charge in [0.05, 0.1) is 24.4 Å². The number of aliphatic carboxylic acids is 1. The number of carbonyl (C=O) groups is 1. The van der Waals surface area contributed by atoms with E-state index in [0.717, 1.165) is 22.4 Å². The van der Waals surface area contributed by atoms with Crippen LogP contribution in [0.1, 0.15) is 35.2 Å². The molecular formula is C22H20ClN3O2. The molecule has 0 unspecified atom stereocenters. The quantitative estimate of drug-likeness (QED) is 0.671. The number of carboxylic acid groups (broad SMARTS) is 1. The maximum Gasteiger partial charge on any atom is 0.307 e. The highest BCUT2D eigenvalue weighted by molar-refractivity contribution is 6.30. The third-order valence-electron chi connectivity index (χ3n) is 5.08. The van der Waals surface area contributed by atoms with Crippen LogP contribution in [0, 0.1) is 5.92 Å². The van der Waals surface area contributed by atoms with Crippen molar-refractivity contribution in [3.63, 3.8) is 0 Å². The summed E-state index contributed by atoms with van der Waals surface area (Å²) in [5, 5.41) is 18.1. The molecule has 0 spiro atoms. The monoisotopic (exact) mass is 393 g/mol. The van der Waals surface area contributed by atoms with Gasteiger partial charge in [-0.05, 0) is 41.7 Å². The van der Waals surface area contributed by atoms with E-state index in [4.69, 9.17) is 16.7 Å². The average Bonchev–Trinajstić information content (AvgIpc) is 3.07. The van der Waals surface area contributed by atoms with Gasteiger partial charge in [-0.3, -0.25) is 4.79 Å². The minimum absolute atomic E-state index is 0.259. The van der Waals surface area contributed by atoms with Gasteiger partial charge in [-0.25, -0.2) is 4.68 Å². The Kier molecular flexibility index (Phi) is 5.26. The van der Waals surface area contributed by atoms with Gasteiger partial charge < -0.3 is 5.11 Å². The molecule has 0 saturated heterocycles. The first-order valence-corrected chi connectivity index (χ1v) is 9.58. The van der Waals surface area contributed by atoms with Gasteiger partial charge in [0.1, 0.15) is 0 Å². The SMILES string of the molecule is O=C(O)C1CC(=Cc2cc(Cl)ccc2Cc2cnnn2Cc2ccccc2)C1. The maximum atomic E-state index is 11.0. The van der Waals surface area contributed by atoms with Crippen molar-refractivity contribution in [2.45, 2.75) is 25.8 Å². The van der Waals surface area contributed by atoms with Gasteiger partial charge in [-0.15, -0.1) is 5.10 Å². The van der Waals surface area contributed by atoms with E-state index in [-0.39, 0.29) is 5.92 Å². The minimum Gasteiger partial charge on any atom is -0.481 e. The fourth-order valence-corrected chi connectivity index (χ4v) is 3.63. The van der Waals surface area contributed by atoms with Crippen molar-refractivity contribution in [2.24, 2.45) is 5.92 Å². The number of rotatable bonds is 6. The summed E-state index contributed by atoms with van der Waals surface area (Å²) >= 11 is 6.21. The zero-order valence-electron chi connectivity index (χ0n) is 15.3. The van der Waals surface area contributed by atoms with E-state index in [0.29, 0.717) is 30.8 Å². The largest absolute Gasteiger partial charge is 0.481 e. The average molecular weight is 394 g/mol. The van der Waals surface area contributed by atoms with Crippen LogP contribution in [-0.4, -0.2) is 26.1 Å². The summed E-state index contributed by atoms with van der Waals surface area (Å²) in [7, 11) is 0. The fourth-order valence-electron chi connectivity index (χ4n) is 3.45. The van der Waals surface area contributed by atoms with Gasteiger partial charge in [0.2, 0.25) is 0 Å². The Balaban J connectivity index is 1.56. The Morgan fingerprint density at radius 1 is 1.21 bits per heavy atom. The molecule has 1 aliphatic rings. The first-order valence-electron chi connectivity index (χ1n) is 9.20. The number of allylic oxidation sites excluding steroid dienone is 1. The topological polar surface area (TPSA) is 68.0 Å². The number of benzene rings is 2. The fraction of sp³-hybridized carbons (Fsp3) is 0.227. The highest BCUT2D eigenvalue weighted by atomic mass is 35.5. The van der Waals surface area contributed by atoms with Gasteiger partial charge in [-0.1, -0.05) is 64.9 Å². The molecule has 142 valence electrons. The second-order valence-corrected chi connectivity index (χ2v) is 7.57. The molecule has 4 rings (SSSR count). The second-order valence-electron chi connectivity index (χ2n) is 7.13. The molecule has 1 saturated carbocycles. The summed E-state index contributed by atoms with van der Waals surface area (Å²) in [5.41, 5.74) is 5.47. The molecule has 0 bridgehead atoms. The number of halogens is 1. The predicted octanol–water partition coefficient (Wildman–Crippen LogP) is 4.45. The molecule has 6 heteroatoms. The molecule has 0 radical (unpaired) electrons. The van der Waals surface area contributed by atoms with Gasteiger partial charge >= 0.3 is 5.97 Å². The first-order chi connectivity index (χ1) is 13.6. The van der Waals surface area contributed by atoms with Crippen molar-refractivity contribution in [3.05, 3.63) is 87.7 Å². The van der Waals surface area contributed by atoms with Crippen LogP contribution in [-0.2, 0) is 17.8 Å². The Morgan fingerprint density at radius 3 is 2.75 bits per heavy atom. The minimum atomic E-state index is -0.723. The third kappa shape index (κ3) is 4.15. The number of hydrogen-bond donors (Lipinski definition) is 1. The molecule has 3 aromatic rings. The summed E-state index contributed by atoms with van der Waals surface area (Å²) in [4.78, 5) is 11.0. The summed E-state index contributed by atoms with van der Waals surface area (Å²) in [5.74, 6) is -0.982. The van der Waals surface area contributed by atoms with Gasteiger partial charge in [0.15, 0.2) is 0 Å². The lowest BCUT2D eigenvalue weighted by atomic mass is 9.79. The van der Waals surface area contributed by atoms with E-state index < -0.39 is 5.97 Å². The number of hydrogen-bond acceptors (Lipinski definition) is 3. The molecule has 1 N–H and O–H groups in total. The third-order valence-corrected chi connectivity index (χ3v) is 5.31. The van der Waals surface area contributed by atoms with Crippen LogP contribution in [0.5, 0.6) is 0 Å². The molecule has 0 aliphatic heterocycles. The number of aromatic nitrogens is 3. The lowest BCUT2D eigenvalue weighted by molar-refractivity contribution is -0.143. The summed E-state index contributed by atoms with van der Waals surface area (Å²) < 4.78 is 1.91. The highest BCUT2D eigenvalue weighted by Crippen LogP contribution is 2.35. The normalized spacial score (nSPS) is 15.9. The van der Waals surface area contributed by atoms with E-state index >= 15 is 0 Å². The lowest BCUT2D eigenvalue weighted by Crippen LogP contribution is -2.23. The van der Waals surface area contributed by atoms with Crippen molar-refractivity contribution in [2.75, 3.05) is 0 Å². The van der Waals surface area contributed by atoms with Crippen molar-refractivity contribution >= 4 is 23.6 Å². The summed E-state index contributed by atoms with van der Waals surface area (Å²) in [6.07, 6.45) is 5.76. The van der Waals surface area contributed by atoms with E-state index in [1.807, 2.05) is 41.1 Å². The Morgan fingerprint density at radius 2 is 2.00 bits per heavy atom. The van der Waals surface area contributed by atoms with Crippen molar-refractivity contribution in [1.82, 2.24) is 15.0 Å². The van der Waals surface area contributed by atoms with Crippen LogP contribution in [0.15, 0.2) is 60.3 Å². The first kappa shape index (κ1) is 18.4. The number of nitrogens with zero attached hydrogens (tertiary/aromatic N) is 3.